The van der Waals surface area contributed by atoms with E-state index in [0.29, 0.717) is 60.3 Å². The largest absolute Gasteiger partial charge is 0.489 e. The molecule has 328 valence electrons. The van der Waals surface area contributed by atoms with Crippen LogP contribution in [-0.2, 0) is 19.2 Å². The summed E-state index contributed by atoms with van der Waals surface area (Å²) in [5, 5.41) is 15.3. The predicted octanol–water partition coefficient (Wildman–Crippen LogP) is 5.06. The summed E-state index contributed by atoms with van der Waals surface area (Å²) in [6, 6.07) is 11.8. The summed E-state index contributed by atoms with van der Waals surface area (Å²) >= 11 is 6.29. The molecule has 0 spiro atoms. The van der Waals surface area contributed by atoms with E-state index in [4.69, 9.17) is 16.3 Å². The molecule has 1 unspecified atom stereocenters. The quantitative estimate of drug-likeness (QED) is 0.342. The molecule has 0 aromatic heterocycles. The molecule has 2 aromatic carbocycles. The maximum absolute atomic E-state index is 14.3. The van der Waals surface area contributed by atoms with Crippen molar-refractivity contribution in [1.82, 2.24) is 25.3 Å². The molecule has 4 aliphatic carbocycles. The average molecular weight is 866 g/mol. The van der Waals surface area contributed by atoms with Crippen molar-refractivity contribution in [2.24, 2.45) is 21.7 Å². The third-order valence-corrected chi connectivity index (χ3v) is 16.3. The maximum Gasteiger partial charge on any atom is 0.262 e. The van der Waals surface area contributed by atoms with Gasteiger partial charge in [-0.25, -0.2) is 0 Å². The zero-order valence-electron chi connectivity index (χ0n) is 36.1. The Bertz CT molecular complexity index is 2250. The standard InChI is InChI=1S/C47H56ClN7O7/c1-44(2)40(45(3,4)41(44)62-31-7-5-28(27-49)34(48)26-31)51-42(60)46-13-16-47(17-14-46,18-15-46)43(61)54-23-21-53(22-24-54)29-11-19-52(20-12-29)30-6-8-32-33(25-30)39(59)55(38(32)58)35-9-10-36(56)50-37(35)57/h5-8,25-26,29,35,40-41H,9-24H2,1-4H3,(H,51,60)(H,50,56,57). The molecule has 2 aromatic rings. The molecule has 1 atom stereocenters. The number of halogens is 1. The Kier molecular flexibility index (Phi) is 10.5. The van der Waals surface area contributed by atoms with Crippen LogP contribution in [0.15, 0.2) is 36.4 Å². The third-order valence-electron chi connectivity index (χ3n) is 16.0. The minimum absolute atomic E-state index is 0.0807. The van der Waals surface area contributed by atoms with Crippen molar-refractivity contribution >= 4 is 52.7 Å². The smallest absolute Gasteiger partial charge is 0.262 e. The number of anilines is 1. The van der Waals surface area contributed by atoms with Gasteiger partial charge in [0.1, 0.15) is 24.0 Å². The van der Waals surface area contributed by atoms with E-state index in [9.17, 15) is 34.0 Å². The molecule has 2 bridgehead atoms. The summed E-state index contributed by atoms with van der Waals surface area (Å²) in [5.41, 5.74) is 0.277. The van der Waals surface area contributed by atoms with Gasteiger partial charge in [-0.05, 0) is 88.1 Å². The molecule has 4 saturated carbocycles. The van der Waals surface area contributed by atoms with Gasteiger partial charge in [-0.2, -0.15) is 5.26 Å². The lowest BCUT2D eigenvalue weighted by Crippen LogP contribution is -2.75. The van der Waals surface area contributed by atoms with Crippen LogP contribution in [0.5, 0.6) is 5.75 Å². The highest BCUT2D eigenvalue weighted by molar-refractivity contribution is 6.31. The third kappa shape index (κ3) is 6.85. The van der Waals surface area contributed by atoms with Crippen LogP contribution in [-0.4, -0.2) is 114 Å². The molecular weight excluding hydrogens is 810 g/mol. The van der Waals surface area contributed by atoms with E-state index in [-0.39, 0.29) is 53.2 Å². The van der Waals surface area contributed by atoms with Crippen molar-refractivity contribution in [3.63, 3.8) is 0 Å². The van der Waals surface area contributed by atoms with E-state index >= 15 is 0 Å². The molecule has 62 heavy (non-hydrogen) atoms. The highest BCUT2D eigenvalue weighted by atomic mass is 35.5. The minimum Gasteiger partial charge on any atom is -0.489 e. The number of benzene rings is 2. The number of fused-ring (bicyclic) bond motifs is 4. The normalized spacial score (nSPS) is 30.6. The summed E-state index contributed by atoms with van der Waals surface area (Å²) in [4.78, 5) is 87.0. The van der Waals surface area contributed by atoms with Crippen LogP contribution in [0.4, 0.5) is 5.69 Å². The van der Waals surface area contributed by atoms with E-state index in [1.807, 2.05) is 6.07 Å². The van der Waals surface area contributed by atoms with Gasteiger partial charge in [0.05, 0.1) is 21.7 Å². The highest BCUT2D eigenvalue weighted by Gasteiger charge is 2.65. The molecule has 8 aliphatic rings. The van der Waals surface area contributed by atoms with E-state index in [1.54, 1.807) is 30.3 Å². The zero-order valence-corrected chi connectivity index (χ0v) is 36.8. The molecule has 14 nitrogen and oxygen atoms in total. The van der Waals surface area contributed by atoms with Crippen LogP contribution in [0.25, 0.3) is 0 Å². The van der Waals surface area contributed by atoms with Gasteiger partial charge in [0.25, 0.3) is 11.8 Å². The molecule has 2 N–H and O–H groups in total. The molecule has 4 heterocycles. The second kappa shape index (κ2) is 15.4. The fourth-order valence-electron chi connectivity index (χ4n) is 12.5. The summed E-state index contributed by atoms with van der Waals surface area (Å²) in [6.07, 6.45) is 6.24. The van der Waals surface area contributed by atoms with Gasteiger partial charge in [0.2, 0.25) is 23.6 Å². The number of nitrogens with one attached hydrogen (secondary N) is 2. The molecule has 7 fully saturated rings. The number of carbonyl (C=O) groups excluding carboxylic acids is 6. The number of hydrogen-bond acceptors (Lipinski definition) is 10. The lowest BCUT2D eigenvalue weighted by molar-refractivity contribution is -0.181. The Morgan fingerprint density at radius 1 is 0.806 bits per heavy atom. The van der Waals surface area contributed by atoms with E-state index in [1.165, 1.54) is 0 Å². The number of nitrogens with zero attached hydrogens (tertiary/aromatic N) is 5. The van der Waals surface area contributed by atoms with Crippen LogP contribution in [0.1, 0.15) is 118 Å². The first-order valence-corrected chi connectivity index (χ1v) is 22.7. The van der Waals surface area contributed by atoms with Crippen molar-refractivity contribution in [2.45, 2.75) is 116 Å². The van der Waals surface area contributed by atoms with Gasteiger partial charge in [0.15, 0.2) is 0 Å². The van der Waals surface area contributed by atoms with Gasteiger partial charge >= 0.3 is 0 Å². The number of piperazine rings is 1. The van der Waals surface area contributed by atoms with Gasteiger partial charge in [-0.1, -0.05) is 39.3 Å². The fraction of sp³-hybridized carbons (Fsp3) is 0.596. The first kappa shape index (κ1) is 42.3. The van der Waals surface area contributed by atoms with E-state index in [0.717, 1.165) is 68.9 Å². The second-order valence-electron chi connectivity index (χ2n) is 20.1. The van der Waals surface area contributed by atoms with Crippen LogP contribution in [0, 0.1) is 33.0 Å². The molecule has 10 rings (SSSR count). The van der Waals surface area contributed by atoms with E-state index < -0.39 is 40.5 Å². The highest BCUT2D eigenvalue weighted by Crippen LogP contribution is 2.60. The monoisotopic (exact) mass is 865 g/mol. The van der Waals surface area contributed by atoms with Crippen LogP contribution >= 0.6 is 11.6 Å². The molecular formula is C47H56ClN7O7. The Morgan fingerprint density at radius 2 is 1.44 bits per heavy atom. The second-order valence-corrected chi connectivity index (χ2v) is 20.5. The lowest BCUT2D eigenvalue weighted by atomic mass is 9.48. The number of carbonyl (C=O) groups is 6. The van der Waals surface area contributed by atoms with Crippen molar-refractivity contribution in [3.05, 3.63) is 58.1 Å². The first-order chi connectivity index (χ1) is 29.5. The van der Waals surface area contributed by atoms with Gasteiger partial charge < -0.3 is 19.9 Å². The topological polar surface area (TPSA) is 172 Å². The Labute approximate surface area is 367 Å². The number of imide groups is 2. The number of amides is 6. The minimum atomic E-state index is -0.989. The summed E-state index contributed by atoms with van der Waals surface area (Å²) in [7, 11) is 0. The summed E-state index contributed by atoms with van der Waals surface area (Å²) in [6.45, 7) is 13.1. The Hall–Kier alpha value is -5.00. The van der Waals surface area contributed by atoms with Gasteiger partial charge in [0, 0.05) is 91.2 Å². The molecule has 6 amide bonds. The first-order valence-electron chi connectivity index (χ1n) is 22.3. The van der Waals surface area contributed by atoms with Crippen LogP contribution in [0.3, 0.4) is 0 Å². The van der Waals surface area contributed by atoms with Crippen molar-refractivity contribution in [3.8, 4) is 11.8 Å². The van der Waals surface area contributed by atoms with Crippen molar-refractivity contribution in [2.75, 3.05) is 44.2 Å². The van der Waals surface area contributed by atoms with Gasteiger partial charge in [-0.3, -0.25) is 43.9 Å². The predicted molar refractivity (Wildman–Crippen MR) is 229 cm³/mol. The average Bonchev–Trinajstić information content (AvgIpc) is 3.52. The van der Waals surface area contributed by atoms with E-state index in [2.05, 4.69) is 59.1 Å². The SMILES string of the molecule is CC1(C)C(NC(=O)C23CCC(C(=O)N4CCN(C5CCN(c6ccc7c(c6)C(=O)N(C6CCC(=O)NC6=O)C7=O)CC5)CC4)(CC2)CC3)C(C)(C)C1Oc1ccc(C#N)c(Cl)c1. The summed E-state index contributed by atoms with van der Waals surface area (Å²) in [5.74, 6) is -1.07. The Balaban J connectivity index is 0.745. The van der Waals surface area contributed by atoms with Crippen LogP contribution < -0.4 is 20.3 Å². The number of ether oxygens (including phenoxy) is 1. The number of rotatable bonds is 8. The number of hydrogen-bond donors (Lipinski definition) is 2. The lowest BCUT2D eigenvalue weighted by Gasteiger charge is -2.64. The number of nitriles is 1. The van der Waals surface area contributed by atoms with Crippen molar-refractivity contribution < 1.29 is 33.5 Å². The molecule has 4 aliphatic heterocycles. The van der Waals surface area contributed by atoms with Gasteiger partial charge in [-0.15, -0.1) is 0 Å². The maximum atomic E-state index is 14.3. The molecule has 15 heteroatoms. The number of piperidine rings is 2. The fourth-order valence-corrected chi connectivity index (χ4v) is 12.7. The van der Waals surface area contributed by atoms with Crippen molar-refractivity contribution in [1.29, 1.82) is 5.26 Å². The zero-order chi connectivity index (χ0) is 43.9. The summed E-state index contributed by atoms with van der Waals surface area (Å²) < 4.78 is 6.45. The molecule has 0 radical (unpaired) electrons. The molecule has 3 saturated heterocycles. The van der Waals surface area contributed by atoms with Crippen LogP contribution in [0.2, 0.25) is 5.02 Å². The Morgan fingerprint density at radius 3 is 2.05 bits per heavy atom.